The average molecular weight is 1070 g/mol. The summed E-state index contributed by atoms with van der Waals surface area (Å²) in [5, 5.41) is 31.3. The van der Waals surface area contributed by atoms with E-state index >= 15 is 0 Å². The van der Waals surface area contributed by atoms with Gasteiger partial charge in [0.25, 0.3) is 0 Å². The van der Waals surface area contributed by atoms with Crippen molar-refractivity contribution in [2.75, 3.05) is 14.2 Å². The molecule has 12 rings (SSSR count). The van der Waals surface area contributed by atoms with Crippen molar-refractivity contribution in [3.63, 3.8) is 0 Å². The van der Waals surface area contributed by atoms with Crippen molar-refractivity contribution in [2.24, 2.45) is 100 Å². The van der Waals surface area contributed by atoms with Gasteiger partial charge in [0.15, 0.2) is 23.1 Å². The summed E-state index contributed by atoms with van der Waals surface area (Å²) in [6.45, 7) is 28.9. The minimum absolute atomic E-state index is 0.00658. The number of carbonyl (C=O) groups excluding carboxylic acids is 7. The van der Waals surface area contributed by atoms with Crippen molar-refractivity contribution in [3.05, 3.63) is 23.3 Å². The number of ether oxygens (including phenoxy) is 4. The maximum absolute atomic E-state index is 14.5. The lowest BCUT2D eigenvalue weighted by molar-refractivity contribution is -0.204. The highest BCUT2D eigenvalue weighted by atomic mass is 16.6. The second kappa shape index (κ2) is 15.8. The quantitative estimate of drug-likeness (QED) is 0.201. The number of aliphatic hydroxyl groups excluding tert-OH is 1. The predicted molar refractivity (Wildman–Crippen MR) is 283 cm³/mol. The molecule has 0 aromatic carbocycles. The number of Topliss-reactive ketones (excluding diaryl/α,β-unsaturated/α-hetero) is 3. The van der Waals surface area contributed by atoms with E-state index in [1.807, 2.05) is 67.5 Å². The first-order chi connectivity index (χ1) is 35.9. The first-order valence-electron chi connectivity index (χ1n) is 29.1. The van der Waals surface area contributed by atoms with E-state index in [9.17, 15) is 49.2 Å². The molecule has 2 aliphatic heterocycles. The first kappa shape index (κ1) is 55.5. The van der Waals surface area contributed by atoms with Crippen molar-refractivity contribution < 1.29 is 57.6 Å². The highest BCUT2D eigenvalue weighted by molar-refractivity contribution is 6.03. The molecule has 0 aromatic rings. The molecule has 10 fully saturated rings. The molecule has 2 saturated heterocycles. The van der Waals surface area contributed by atoms with E-state index in [4.69, 9.17) is 18.9 Å². The Morgan fingerprint density at radius 2 is 0.974 bits per heavy atom. The van der Waals surface area contributed by atoms with Crippen LogP contribution in [-0.2, 0) is 52.5 Å². The molecule has 0 spiro atoms. The standard InChI is InChI=1S/C32H43NO6.C32H41NO6/c2*1-26(2)14-17-22-18(34)13-20-28(5,29(22,6)11-12-31(17,15-21(26)35)25(37)38-8)10-9-19-27(3,4)23(36)32(16-33)24(39-32)30(19,20)7/h13,17,19,21-22,24,35H,9-12,14-15H2,1-8H3;13,17,19,22,24H,9-12,14-15H2,1-8H3/t17-,19-,21-,22-,24+,28+,29+,30-,31+,32-;17-,19-,22-,24+,28+,29+,30-,31+,32-/m00/s1. The zero-order valence-corrected chi connectivity index (χ0v) is 49.2. The number of epoxide rings is 2. The maximum atomic E-state index is 14.5. The van der Waals surface area contributed by atoms with Gasteiger partial charge in [0.2, 0.25) is 11.2 Å². The van der Waals surface area contributed by atoms with Gasteiger partial charge >= 0.3 is 11.9 Å². The molecule has 2 heterocycles. The summed E-state index contributed by atoms with van der Waals surface area (Å²) >= 11 is 0. The van der Waals surface area contributed by atoms with E-state index in [2.05, 4.69) is 53.7 Å². The molecule has 14 nitrogen and oxygen atoms in total. The molecule has 1 N–H and O–H groups in total. The largest absolute Gasteiger partial charge is 0.469 e. The SMILES string of the molecule is COC(=O)[C@@]12CC[C@]3(C)[C@H](C(=O)C=C4[C@@]5(C)[C@H]6O[C@@]6(C#N)C(=O)C(C)(C)[C@@H]5CC[C@]43C)[C@@H]1CC(C)(C)C(=O)C2.COC(=O)[C@@]12CC[C@]3(C)[C@H](C(=O)C=C4[C@@]5(C)[C@H]6O[C@@]6(C#N)C(=O)C(C)(C)[C@@H]5CC[C@]43C)[C@@H]1CC(C)(C)[C@@H](O)C2. The summed E-state index contributed by atoms with van der Waals surface area (Å²) < 4.78 is 22.8. The van der Waals surface area contributed by atoms with Crippen molar-refractivity contribution in [2.45, 2.75) is 203 Å². The topological polar surface area (TPSA) is 231 Å². The van der Waals surface area contributed by atoms with Crippen LogP contribution in [0.15, 0.2) is 23.3 Å². The molecule has 10 aliphatic carbocycles. The smallest absolute Gasteiger partial charge is 0.312 e. The maximum Gasteiger partial charge on any atom is 0.312 e. The third-order valence-electron chi connectivity index (χ3n) is 26.7. The molecular formula is C64H84N2O12. The predicted octanol–water partition coefficient (Wildman–Crippen LogP) is 9.33. The Balaban J connectivity index is 0.000000165. The number of aliphatic hydroxyl groups is 1. The molecule has 0 amide bonds. The molecule has 0 unspecified atom stereocenters. The van der Waals surface area contributed by atoms with Crippen LogP contribution in [0.4, 0.5) is 0 Å². The van der Waals surface area contributed by atoms with E-state index in [0.717, 1.165) is 36.8 Å². The van der Waals surface area contributed by atoms with Gasteiger partial charge in [-0.15, -0.1) is 0 Å². The van der Waals surface area contributed by atoms with Crippen LogP contribution < -0.4 is 0 Å². The van der Waals surface area contributed by atoms with Crippen LogP contribution in [0.25, 0.3) is 0 Å². The van der Waals surface area contributed by atoms with E-state index in [0.29, 0.717) is 44.9 Å². The van der Waals surface area contributed by atoms with Crippen molar-refractivity contribution in [1.82, 2.24) is 0 Å². The summed E-state index contributed by atoms with van der Waals surface area (Å²) in [4.78, 5) is 96.0. The van der Waals surface area contributed by atoms with Crippen LogP contribution in [0.1, 0.15) is 174 Å². The number of carbonyl (C=O) groups is 7. The molecule has 0 bridgehead atoms. The summed E-state index contributed by atoms with van der Waals surface area (Å²) in [7, 11) is 2.78. The summed E-state index contributed by atoms with van der Waals surface area (Å²) in [6.07, 6.45) is 8.90. The molecule has 78 heavy (non-hydrogen) atoms. The normalized spacial score (nSPS) is 51.6. The van der Waals surface area contributed by atoms with E-state index < -0.39 is 95.0 Å². The molecule has 12 aliphatic rings. The third kappa shape index (κ3) is 6.02. The minimum Gasteiger partial charge on any atom is -0.469 e. The van der Waals surface area contributed by atoms with Gasteiger partial charge in [0, 0.05) is 45.3 Å². The molecule has 0 aromatic heterocycles. The molecule has 422 valence electrons. The third-order valence-corrected chi connectivity index (χ3v) is 26.7. The number of hydrogen-bond donors (Lipinski definition) is 1. The van der Waals surface area contributed by atoms with Crippen LogP contribution >= 0.6 is 0 Å². The zero-order valence-electron chi connectivity index (χ0n) is 49.2. The number of fused-ring (bicyclic) bond motifs is 18. The average Bonchev–Trinajstić information content (AvgIpc) is 4.45. The Hall–Kier alpha value is -4.37. The van der Waals surface area contributed by atoms with Gasteiger partial charge < -0.3 is 24.1 Å². The van der Waals surface area contributed by atoms with Crippen molar-refractivity contribution in [1.29, 1.82) is 10.5 Å². The highest BCUT2D eigenvalue weighted by Crippen LogP contribution is 2.80. The first-order valence-corrected chi connectivity index (χ1v) is 29.1. The van der Waals surface area contributed by atoms with Crippen LogP contribution in [0.3, 0.4) is 0 Å². The Bertz CT molecular complexity index is 2990. The number of methoxy groups -OCH3 is 2. The number of rotatable bonds is 2. The Morgan fingerprint density at radius 3 is 1.38 bits per heavy atom. The minimum atomic E-state index is -1.45. The lowest BCUT2D eigenvalue weighted by Crippen LogP contribution is -2.68. The van der Waals surface area contributed by atoms with E-state index in [1.54, 1.807) is 0 Å². The van der Waals surface area contributed by atoms with E-state index in [1.165, 1.54) is 14.2 Å². The molecule has 0 radical (unpaired) electrons. The van der Waals surface area contributed by atoms with Crippen LogP contribution in [0, 0.1) is 123 Å². The fraction of sp³-hybridized carbons (Fsp3) is 0.797. The zero-order chi connectivity index (χ0) is 57.5. The molecule has 8 saturated carbocycles. The molecular weight excluding hydrogens is 989 g/mol. The second-order valence-electron chi connectivity index (χ2n) is 31.0. The van der Waals surface area contributed by atoms with E-state index in [-0.39, 0.29) is 82.3 Å². The number of allylic oxidation sites excluding steroid dienone is 2. The lowest BCUT2D eigenvalue weighted by atomic mass is 9.33. The summed E-state index contributed by atoms with van der Waals surface area (Å²) in [6, 6.07) is 4.43. The number of nitriles is 2. The van der Waals surface area contributed by atoms with Gasteiger partial charge in [-0.3, -0.25) is 33.6 Å². The Labute approximate surface area is 460 Å². The molecule has 14 heteroatoms. The van der Waals surface area contributed by atoms with Crippen LogP contribution in [-0.4, -0.2) is 89.7 Å². The number of hydrogen-bond acceptors (Lipinski definition) is 14. The number of nitrogens with zero attached hydrogens (tertiary/aromatic N) is 2. The molecule has 19 atom stereocenters. The van der Waals surface area contributed by atoms with Gasteiger partial charge in [-0.2, -0.15) is 10.5 Å². The lowest BCUT2D eigenvalue weighted by Gasteiger charge is -2.69. The monoisotopic (exact) mass is 1070 g/mol. The highest BCUT2D eigenvalue weighted by Gasteiger charge is 2.85. The van der Waals surface area contributed by atoms with Gasteiger partial charge in [0.1, 0.15) is 30.1 Å². The number of esters is 2. The van der Waals surface area contributed by atoms with Gasteiger partial charge in [0.05, 0.1) is 31.2 Å². The van der Waals surface area contributed by atoms with Crippen LogP contribution in [0.2, 0.25) is 0 Å². The summed E-state index contributed by atoms with van der Waals surface area (Å²) in [5.74, 6) is -2.34. The second-order valence-corrected chi connectivity index (χ2v) is 31.0. The van der Waals surface area contributed by atoms with Gasteiger partial charge in [-0.1, -0.05) is 108 Å². The summed E-state index contributed by atoms with van der Waals surface area (Å²) in [5.41, 5.74) is -8.23. The fourth-order valence-corrected chi connectivity index (χ4v) is 21.8. The van der Waals surface area contributed by atoms with Gasteiger partial charge in [-0.25, -0.2) is 0 Å². The van der Waals surface area contributed by atoms with Crippen molar-refractivity contribution in [3.8, 4) is 12.1 Å². The number of ketones is 5. The fourth-order valence-electron chi connectivity index (χ4n) is 21.8. The van der Waals surface area contributed by atoms with Crippen LogP contribution in [0.5, 0.6) is 0 Å². The Kier molecular flexibility index (Phi) is 11.2. The van der Waals surface area contributed by atoms with Crippen molar-refractivity contribution >= 4 is 40.9 Å². The Morgan fingerprint density at radius 1 is 0.577 bits per heavy atom. The van der Waals surface area contributed by atoms with Gasteiger partial charge in [-0.05, 0) is 134 Å².